The SMILES string of the molecule is CCCc1cnnnc1C. The lowest BCUT2D eigenvalue weighted by atomic mass is 10.1. The number of hydrogen-bond donors (Lipinski definition) is 0. The van der Waals surface area contributed by atoms with Gasteiger partial charge in [-0.15, -0.1) is 10.2 Å². The Hall–Kier alpha value is -0.990. The molecule has 0 amide bonds. The van der Waals surface area contributed by atoms with Gasteiger partial charge in [0.15, 0.2) is 0 Å². The molecule has 0 saturated heterocycles. The molecule has 0 aliphatic carbocycles. The first kappa shape index (κ1) is 7.12. The van der Waals surface area contributed by atoms with E-state index < -0.39 is 0 Å². The summed E-state index contributed by atoms with van der Waals surface area (Å²) in [7, 11) is 0. The van der Waals surface area contributed by atoms with Gasteiger partial charge >= 0.3 is 0 Å². The predicted octanol–water partition coefficient (Wildman–Crippen LogP) is 1.13. The van der Waals surface area contributed by atoms with Crippen molar-refractivity contribution in [2.75, 3.05) is 0 Å². The van der Waals surface area contributed by atoms with Crippen LogP contribution in [0.25, 0.3) is 0 Å². The number of aryl methyl sites for hydroxylation is 2. The van der Waals surface area contributed by atoms with E-state index in [2.05, 4.69) is 22.3 Å². The number of aromatic nitrogens is 3. The third kappa shape index (κ3) is 1.50. The molecule has 0 fully saturated rings. The van der Waals surface area contributed by atoms with Crippen molar-refractivity contribution >= 4 is 0 Å². The van der Waals surface area contributed by atoms with Crippen LogP contribution in [0.5, 0.6) is 0 Å². The van der Waals surface area contributed by atoms with Crippen LogP contribution < -0.4 is 0 Å². The van der Waals surface area contributed by atoms with E-state index in [1.54, 1.807) is 6.20 Å². The fourth-order valence-corrected chi connectivity index (χ4v) is 0.861. The molecule has 0 saturated carbocycles. The fraction of sp³-hybridized carbons (Fsp3) is 0.571. The van der Waals surface area contributed by atoms with Crippen molar-refractivity contribution in [3.8, 4) is 0 Å². The summed E-state index contributed by atoms with van der Waals surface area (Å²) in [5, 5.41) is 11.1. The molecule has 3 heteroatoms. The molecule has 0 spiro atoms. The van der Waals surface area contributed by atoms with Gasteiger partial charge in [0.25, 0.3) is 0 Å². The van der Waals surface area contributed by atoms with E-state index in [1.165, 1.54) is 5.56 Å². The molecule has 0 unspecified atom stereocenters. The summed E-state index contributed by atoms with van der Waals surface area (Å²) >= 11 is 0. The summed E-state index contributed by atoms with van der Waals surface area (Å²) in [5.74, 6) is 0. The van der Waals surface area contributed by atoms with E-state index in [4.69, 9.17) is 0 Å². The van der Waals surface area contributed by atoms with Gasteiger partial charge in [0.1, 0.15) is 0 Å². The maximum atomic E-state index is 3.84. The van der Waals surface area contributed by atoms with E-state index in [0.717, 1.165) is 18.5 Å². The minimum atomic E-state index is 0.997. The summed E-state index contributed by atoms with van der Waals surface area (Å²) in [6, 6.07) is 0. The van der Waals surface area contributed by atoms with Gasteiger partial charge in [-0.05, 0) is 24.1 Å². The highest BCUT2D eigenvalue weighted by Gasteiger charge is 1.96. The molecule has 10 heavy (non-hydrogen) atoms. The van der Waals surface area contributed by atoms with E-state index >= 15 is 0 Å². The molecular formula is C7H11N3. The van der Waals surface area contributed by atoms with Crippen LogP contribution in [0.15, 0.2) is 6.20 Å². The van der Waals surface area contributed by atoms with Crippen LogP contribution in [-0.4, -0.2) is 15.4 Å². The second kappa shape index (κ2) is 3.25. The lowest BCUT2D eigenvalue weighted by Gasteiger charge is -1.97. The summed E-state index contributed by atoms with van der Waals surface area (Å²) in [6.45, 7) is 4.10. The molecular weight excluding hydrogens is 126 g/mol. The molecule has 1 aromatic rings. The van der Waals surface area contributed by atoms with Crippen molar-refractivity contribution in [2.24, 2.45) is 0 Å². The Morgan fingerprint density at radius 3 is 2.90 bits per heavy atom. The highest BCUT2D eigenvalue weighted by molar-refractivity contribution is 5.12. The molecule has 1 rings (SSSR count). The molecule has 1 aromatic heterocycles. The third-order valence-electron chi connectivity index (χ3n) is 1.44. The Kier molecular flexibility index (Phi) is 2.31. The number of nitrogens with zero attached hydrogens (tertiary/aromatic N) is 3. The van der Waals surface area contributed by atoms with Crippen molar-refractivity contribution in [1.82, 2.24) is 15.4 Å². The zero-order valence-corrected chi connectivity index (χ0v) is 6.33. The summed E-state index contributed by atoms with van der Waals surface area (Å²) in [6.07, 6.45) is 3.97. The van der Waals surface area contributed by atoms with E-state index in [0.29, 0.717) is 0 Å². The van der Waals surface area contributed by atoms with Crippen LogP contribution in [-0.2, 0) is 6.42 Å². The first-order valence-electron chi connectivity index (χ1n) is 3.48. The summed E-state index contributed by atoms with van der Waals surface area (Å²) in [5.41, 5.74) is 2.20. The second-order valence-electron chi connectivity index (χ2n) is 2.29. The lowest BCUT2D eigenvalue weighted by molar-refractivity contribution is 0.790. The topological polar surface area (TPSA) is 38.7 Å². The fourth-order valence-electron chi connectivity index (χ4n) is 0.861. The molecule has 0 aromatic carbocycles. The highest BCUT2D eigenvalue weighted by atomic mass is 15.3. The maximum Gasteiger partial charge on any atom is 0.0665 e. The Morgan fingerprint density at radius 1 is 1.50 bits per heavy atom. The average molecular weight is 137 g/mol. The van der Waals surface area contributed by atoms with Gasteiger partial charge in [-0.1, -0.05) is 13.3 Å². The van der Waals surface area contributed by atoms with Crippen molar-refractivity contribution in [3.05, 3.63) is 17.5 Å². The first-order chi connectivity index (χ1) is 4.84. The van der Waals surface area contributed by atoms with Crippen LogP contribution in [0, 0.1) is 6.92 Å². The zero-order chi connectivity index (χ0) is 7.40. The predicted molar refractivity (Wildman–Crippen MR) is 38.6 cm³/mol. The van der Waals surface area contributed by atoms with E-state index in [-0.39, 0.29) is 0 Å². The minimum Gasteiger partial charge on any atom is -0.138 e. The van der Waals surface area contributed by atoms with Crippen molar-refractivity contribution in [2.45, 2.75) is 26.7 Å². The van der Waals surface area contributed by atoms with Crippen molar-refractivity contribution < 1.29 is 0 Å². The highest BCUT2D eigenvalue weighted by Crippen LogP contribution is 2.02. The average Bonchev–Trinajstić information content (AvgIpc) is 1.94. The molecule has 54 valence electrons. The standard InChI is InChI=1S/C7H11N3/c1-3-4-7-5-8-10-9-6(7)2/h5H,3-4H2,1-2H3. The number of hydrogen-bond acceptors (Lipinski definition) is 3. The largest absolute Gasteiger partial charge is 0.138 e. The number of rotatable bonds is 2. The molecule has 1 heterocycles. The Balaban J connectivity index is 2.81. The van der Waals surface area contributed by atoms with Gasteiger partial charge < -0.3 is 0 Å². The van der Waals surface area contributed by atoms with Gasteiger partial charge in [-0.25, -0.2) is 0 Å². The summed E-state index contributed by atoms with van der Waals surface area (Å²) < 4.78 is 0. The molecule has 0 aliphatic heterocycles. The Morgan fingerprint density at radius 2 is 2.30 bits per heavy atom. The monoisotopic (exact) mass is 137 g/mol. The van der Waals surface area contributed by atoms with Crippen LogP contribution in [0.1, 0.15) is 24.6 Å². The second-order valence-corrected chi connectivity index (χ2v) is 2.29. The normalized spacial score (nSPS) is 9.80. The Labute approximate surface area is 60.5 Å². The minimum absolute atomic E-state index is 0.997. The first-order valence-corrected chi connectivity index (χ1v) is 3.48. The van der Waals surface area contributed by atoms with E-state index in [9.17, 15) is 0 Å². The van der Waals surface area contributed by atoms with Gasteiger partial charge in [-0.3, -0.25) is 0 Å². The van der Waals surface area contributed by atoms with Crippen LogP contribution in [0.4, 0.5) is 0 Å². The van der Waals surface area contributed by atoms with Crippen LogP contribution in [0.2, 0.25) is 0 Å². The Bertz CT molecular complexity index is 210. The zero-order valence-electron chi connectivity index (χ0n) is 6.33. The summed E-state index contributed by atoms with van der Waals surface area (Å²) in [4.78, 5) is 0. The smallest absolute Gasteiger partial charge is 0.0665 e. The third-order valence-corrected chi connectivity index (χ3v) is 1.44. The molecule has 0 aliphatic rings. The molecule has 3 nitrogen and oxygen atoms in total. The van der Waals surface area contributed by atoms with Gasteiger partial charge in [0.05, 0.1) is 11.9 Å². The lowest BCUT2D eigenvalue weighted by Crippen LogP contribution is -1.96. The molecule has 0 radical (unpaired) electrons. The molecule has 0 N–H and O–H groups in total. The van der Waals surface area contributed by atoms with Crippen molar-refractivity contribution in [1.29, 1.82) is 0 Å². The van der Waals surface area contributed by atoms with Gasteiger partial charge in [-0.2, -0.15) is 0 Å². The van der Waals surface area contributed by atoms with Crippen LogP contribution >= 0.6 is 0 Å². The van der Waals surface area contributed by atoms with E-state index in [1.807, 2.05) is 6.92 Å². The van der Waals surface area contributed by atoms with Gasteiger partial charge in [0.2, 0.25) is 0 Å². The van der Waals surface area contributed by atoms with Crippen LogP contribution in [0.3, 0.4) is 0 Å². The molecule has 0 atom stereocenters. The van der Waals surface area contributed by atoms with Gasteiger partial charge in [0, 0.05) is 0 Å². The maximum absolute atomic E-state index is 3.84. The van der Waals surface area contributed by atoms with Crippen molar-refractivity contribution in [3.63, 3.8) is 0 Å². The quantitative estimate of drug-likeness (QED) is 0.613. The molecule has 0 bridgehead atoms.